The minimum atomic E-state index is -0.619. The lowest BCUT2D eigenvalue weighted by Crippen LogP contribution is -2.06. The molecule has 0 fully saturated rings. The van der Waals surface area contributed by atoms with Crippen LogP contribution in [0.2, 0.25) is 5.02 Å². The van der Waals surface area contributed by atoms with Crippen LogP contribution in [0.5, 0.6) is 17.2 Å². The van der Waals surface area contributed by atoms with Gasteiger partial charge < -0.3 is 19.4 Å². The van der Waals surface area contributed by atoms with Crippen LogP contribution in [0.15, 0.2) is 47.6 Å². The van der Waals surface area contributed by atoms with Crippen molar-refractivity contribution in [1.82, 2.24) is 0 Å². The Morgan fingerprint density at radius 3 is 2.64 bits per heavy atom. The van der Waals surface area contributed by atoms with Crippen molar-refractivity contribution >= 4 is 29.9 Å². The molecule has 2 aromatic rings. The van der Waals surface area contributed by atoms with E-state index in [0.29, 0.717) is 11.3 Å². The van der Waals surface area contributed by atoms with E-state index in [1.54, 1.807) is 25.3 Å². The molecule has 0 amide bonds. The number of esters is 1. The van der Waals surface area contributed by atoms with Crippen LogP contribution in [0, 0.1) is 0 Å². The monoisotopic (exact) mass is 361 g/mol. The van der Waals surface area contributed by atoms with Gasteiger partial charge in [-0.05, 0) is 35.9 Å². The molecule has 25 heavy (non-hydrogen) atoms. The number of hydrogen-bond donors (Lipinski definition) is 1. The maximum Gasteiger partial charge on any atom is 0.336 e. The average Bonchev–Trinajstić information content (AvgIpc) is 2.62. The van der Waals surface area contributed by atoms with Crippen molar-refractivity contribution in [3.05, 3.63) is 58.6 Å². The zero-order chi connectivity index (χ0) is 18.2. The van der Waals surface area contributed by atoms with Crippen molar-refractivity contribution in [1.29, 1.82) is 0 Å². The molecule has 130 valence electrons. The Morgan fingerprint density at radius 2 is 1.96 bits per heavy atom. The minimum absolute atomic E-state index is 0.0829. The summed E-state index contributed by atoms with van der Waals surface area (Å²) in [6, 6.07) is 10.2. The highest BCUT2D eigenvalue weighted by molar-refractivity contribution is 6.32. The normalized spacial score (nSPS) is 11.0. The van der Waals surface area contributed by atoms with E-state index >= 15 is 0 Å². The maximum atomic E-state index is 12.1. The van der Waals surface area contributed by atoms with Crippen molar-refractivity contribution in [2.24, 2.45) is 5.16 Å². The summed E-state index contributed by atoms with van der Waals surface area (Å²) in [6.07, 6.45) is 4.05. The number of rotatable bonds is 6. The molecule has 2 rings (SSSR count). The Balaban J connectivity index is 2.18. The lowest BCUT2D eigenvalue weighted by molar-refractivity contribution is -0.129. The highest BCUT2D eigenvalue weighted by Crippen LogP contribution is 2.36. The second kappa shape index (κ2) is 8.75. The van der Waals surface area contributed by atoms with Crippen LogP contribution in [0.3, 0.4) is 0 Å². The standard InChI is InChI=1S/C18H16ClNO5/c1-23-14-5-3-4-12(8-14)6-7-17(21)25-18-15(19)9-13(11-20-22)10-16(18)24-2/h3-11,22H,1-2H3/b7-6?,20-11+. The first-order chi connectivity index (χ1) is 12.1. The molecule has 0 saturated heterocycles. The summed E-state index contributed by atoms with van der Waals surface area (Å²) in [4.78, 5) is 12.1. The van der Waals surface area contributed by atoms with Gasteiger partial charge in [0.15, 0.2) is 11.5 Å². The molecule has 0 spiro atoms. The smallest absolute Gasteiger partial charge is 0.336 e. The van der Waals surface area contributed by atoms with Crippen LogP contribution < -0.4 is 14.2 Å². The van der Waals surface area contributed by atoms with E-state index in [2.05, 4.69) is 5.16 Å². The number of ether oxygens (including phenoxy) is 3. The minimum Gasteiger partial charge on any atom is -0.497 e. The Labute approximate surface area is 149 Å². The Bertz CT molecular complexity index is 817. The first-order valence-electron chi connectivity index (χ1n) is 7.16. The zero-order valence-corrected chi connectivity index (χ0v) is 14.4. The van der Waals surface area contributed by atoms with E-state index in [1.165, 1.54) is 31.5 Å². The predicted molar refractivity (Wildman–Crippen MR) is 95.0 cm³/mol. The van der Waals surface area contributed by atoms with E-state index in [4.69, 9.17) is 31.0 Å². The first-order valence-corrected chi connectivity index (χ1v) is 7.54. The number of oxime groups is 1. The largest absolute Gasteiger partial charge is 0.497 e. The van der Waals surface area contributed by atoms with Crippen LogP contribution >= 0.6 is 11.6 Å². The van der Waals surface area contributed by atoms with Gasteiger partial charge in [0.2, 0.25) is 0 Å². The summed E-state index contributed by atoms with van der Waals surface area (Å²) in [5, 5.41) is 11.7. The van der Waals surface area contributed by atoms with E-state index in [-0.39, 0.29) is 16.5 Å². The quantitative estimate of drug-likeness (QED) is 0.211. The number of methoxy groups -OCH3 is 2. The maximum absolute atomic E-state index is 12.1. The lowest BCUT2D eigenvalue weighted by atomic mass is 10.2. The Morgan fingerprint density at radius 1 is 1.16 bits per heavy atom. The van der Waals surface area contributed by atoms with Gasteiger partial charge >= 0.3 is 5.97 Å². The number of carbonyl (C=O) groups excluding carboxylic acids is 1. The van der Waals surface area contributed by atoms with E-state index < -0.39 is 5.97 Å². The van der Waals surface area contributed by atoms with Gasteiger partial charge in [-0.2, -0.15) is 0 Å². The third-order valence-corrected chi connectivity index (χ3v) is 3.45. The fourth-order valence-corrected chi connectivity index (χ4v) is 2.28. The lowest BCUT2D eigenvalue weighted by Gasteiger charge is -2.10. The summed E-state index contributed by atoms with van der Waals surface area (Å²) in [7, 11) is 2.98. The van der Waals surface area contributed by atoms with E-state index in [9.17, 15) is 4.79 Å². The van der Waals surface area contributed by atoms with E-state index in [0.717, 1.165) is 5.56 Å². The number of benzene rings is 2. The topological polar surface area (TPSA) is 77.4 Å². The summed E-state index contributed by atoms with van der Waals surface area (Å²) in [6.45, 7) is 0. The molecule has 1 N–H and O–H groups in total. The Kier molecular flexibility index (Phi) is 6.42. The molecule has 0 unspecified atom stereocenters. The first kappa shape index (κ1) is 18.4. The van der Waals surface area contributed by atoms with Gasteiger partial charge in [-0.15, -0.1) is 0 Å². The van der Waals surface area contributed by atoms with Crippen LogP contribution in [0.1, 0.15) is 11.1 Å². The summed E-state index contributed by atoms with van der Waals surface area (Å²) >= 11 is 6.11. The number of hydrogen-bond acceptors (Lipinski definition) is 6. The molecule has 6 nitrogen and oxygen atoms in total. The molecule has 0 heterocycles. The van der Waals surface area contributed by atoms with Crippen molar-refractivity contribution in [3.8, 4) is 17.2 Å². The molecule has 0 bridgehead atoms. The van der Waals surface area contributed by atoms with Crippen molar-refractivity contribution < 1.29 is 24.2 Å². The SMILES string of the molecule is COc1cccc(C=CC(=O)Oc2c(Cl)cc(/C=N/O)cc2OC)c1. The highest BCUT2D eigenvalue weighted by Gasteiger charge is 2.14. The molecule has 0 radical (unpaired) electrons. The number of nitrogens with zero attached hydrogens (tertiary/aromatic N) is 1. The molecule has 2 aromatic carbocycles. The second-order valence-electron chi connectivity index (χ2n) is 4.81. The van der Waals surface area contributed by atoms with Crippen LogP contribution in [0.25, 0.3) is 6.08 Å². The Hall–Kier alpha value is -2.99. The highest BCUT2D eigenvalue weighted by atomic mass is 35.5. The van der Waals surface area contributed by atoms with Gasteiger partial charge in [-0.1, -0.05) is 28.9 Å². The molecule has 0 saturated carbocycles. The van der Waals surface area contributed by atoms with Crippen LogP contribution in [0.4, 0.5) is 0 Å². The van der Waals surface area contributed by atoms with E-state index in [1.807, 2.05) is 12.1 Å². The van der Waals surface area contributed by atoms with Gasteiger partial charge in [-0.3, -0.25) is 0 Å². The van der Waals surface area contributed by atoms with Crippen molar-refractivity contribution in [2.75, 3.05) is 14.2 Å². The zero-order valence-electron chi connectivity index (χ0n) is 13.6. The molecule has 0 aliphatic rings. The second-order valence-corrected chi connectivity index (χ2v) is 5.22. The summed E-state index contributed by atoms with van der Waals surface area (Å²) < 4.78 is 15.5. The fourth-order valence-electron chi connectivity index (χ4n) is 2.02. The molecular weight excluding hydrogens is 346 g/mol. The third kappa shape index (κ3) is 4.99. The number of carbonyl (C=O) groups is 1. The fraction of sp³-hybridized carbons (Fsp3) is 0.111. The van der Waals surface area contributed by atoms with Gasteiger partial charge in [0.05, 0.1) is 25.5 Å². The van der Waals surface area contributed by atoms with Gasteiger partial charge in [0.1, 0.15) is 5.75 Å². The van der Waals surface area contributed by atoms with Crippen LogP contribution in [-0.4, -0.2) is 31.6 Å². The average molecular weight is 362 g/mol. The number of halogens is 1. The molecule has 0 aromatic heterocycles. The summed E-state index contributed by atoms with van der Waals surface area (Å²) in [5.74, 6) is 0.387. The van der Waals surface area contributed by atoms with Crippen LogP contribution in [-0.2, 0) is 4.79 Å². The van der Waals surface area contributed by atoms with Gasteiger partial charge in [-0.25, -0.2) is 4.79 Å². The predicted octanol–water partition coefficient (Wildman–Crippen LogP) is 3.78. The molecule has 0 atom stereocenters. The van der Waals surface area contributed by atoms with Gasteiger partial charge in [0.25, 0.3) is 0 Å². The molecule has 7 heteroatoms. The van der Waals surface area contributed by atoms with Crippen molar-refractivity contribution in [3.63, 3.8) is 0 Å². The molecule has 0 aliphatic carbocycles. The third-order valence-electron chi connectivity index (χ3n) is 3.17. The molecular formula is C18H16ClNO5. The van der Waals surface area contributed by atoms with Gasteiger partial charge in [0, 0.05) is 11.6 Å². The summed E-state index contributed by atoms with van der Waals surface area (Å²) in [5.41, 5.74) is 1.28. The van der Waals surface area contributed by atoms with Crippen molar-refractivity contribution in [2.45, 2.75) is 0 Å². The molecule has 0 aliphatic heterocycles.